The SMILES string of the molecule is CCCCc1ccc(NC(=O)/C(C#N)=C\Nc2cccc(Cl)c2C)cc1. The van der Waals surface area contributed by atoms with Crippen LogP contribution in [-0.4, -0.2) is 5.91 Å². The van der Waals surface area contributed by atoms with Crippen LogP contribution in [-0.2, 0) is 11.2 Å². The molecule has 0 atom stereocenters. The molecule has 2 aromatic carbocycles. The Bertz CT molecular complexity index is 835. The first-order valence-corrected chi connectivity index (χ1v) is 8.95. The summed E-state index contributed by atoms with van der Waals surface area (Å²) in [6.45, 7) is 4.02. The molecule has 0 spiro atoms. The average molecular weight is 368 g/mol. The lowest BCUT2D eigenvalue weighted by Crippen LogP contribution is -2.14. The normalized spacial score (nSPS) is 10.9. The van der Waals surface area contributed by atoms with Gasteiger partial charge in [0.1, 0.15) is 11.6 Å². The average Bonchev–Trinajstić information content (AvgIpc) is 2.65. The number of amides is 1. The lowest BCUT2D eigenvalue weighted by atomic mass is 10.1. The molecule has 0 heterocycles. The van der Waals surface area contributed by atoms with E-state index in [0.29, 0.717) is 10.7 Å². The van der Waals surface area contributed by atoms with Crippen LogP contribution in [0.25, 0.3) is 0 Å². The lowest BCUT2D eigenvalue weighted by Gasteiger charge is -2.08. The highest BCUT2D eigenvalue weighted by Gasteiger charge is 2.10. The van der Waals surface area contributed by atoms with Gasteiger partial charge in [-0.25, -0.2) is 0 Å². The molecule has 0 fully saturated rings. The van der Waals surface area contributed by atoms with E-state index in [1.807, 2.05) is 43.3 Å². The third-order valence-corrected chi connectivity index (χ3v) is 4.45. The lowest BCUT2D eigenvalue weighted by molar-refractivity contribution is -0.112. The zero-order valence-electron chi connectivity index (χ0n) is 15.0. The van der Waals surface area contributed by atoms with E-state index < -0.39 is 5.91 Å². The Kier molecular flexibility index (Phi) is 7.25. The number of nitrogens with zero attached hydrogens (tertiary/aromatic N) is 1. The summed E-state index contributed by atoms with van der Waals surface area (Å²) >= 11 is 6.07. The summed E-state index contributed by atoms with van der Waals surface area (Å²) in [7, 11) is 0. The number of carbonyl (C=O) groups is 1. The smallest absolute Gasteiger partial charge is 0.267 e. The molecule has 0 saturated heterocycles. The number of benzene rings is 2. The van der Waals surface area contributed by atoms with Crippen molar-refractivity contribution in [3.8, 4) is 6.07 Å². The highest BCUT2D eigenvalue weighted by Crippen LogP contribution is 2.23. The fourth-order valence-electron chi connectivity index (χ4n) is 2.40. The largest absolute Gasteiger partial charge is 0.360 e. The predicted octanol–water partition coefficient (Wildman–Crippen LogP) is 5.45. The highest BCUT2D eigenvalue weighted by molar-refractivity contribution is 6.31. The maximum atomic E-state index is 12.3. The number of nitriles is 1. The van der Waals surface area contributed by atoms with Crippen LogP contribution in [0, 0.1) is 18.3 Å². The first-order valence-electron chi connectivity index (χ1n) is 8.57. The Balaban J connectivity index is 2.04. The fraction of sp³-hybridized carbons (Fsp3) is 0.238. The van der Waals surface area contributed by atoms with Crippen molar-refractivity contribution in [2.24, 2.45) is 0 Å². The molecule has 0 bridgehead atoms. The van der Waals surface area contributed by atoms with Crippen LogP contribution in [0.2, 0.25) is 5.02 Å². The van der Waals surface area contributed by atoms with Crippen LogP contribution in [0.15, 0.2) is 54.2 Å². The predicted molar refractivity (Wildman–Crippen MR) is 107 cm³/mol. The van der Waals surface area contributed by atoms with Crippen LogP contribution in [0.4, 0.5) is 11.4 Å². The number of aryl methyl sites for hydroxylation is 1. The van der Waals surface area contributed by atoms with E-state index in [2.05, 4.69) is 17.6 Å². The quantitative estimate of drug-likeness (QED) is 0.505. The third-order valence-electron chi connectivity index (χ3n) is 4.04. The zero-order valence-corrected chi connectivity index (χ0v) is 15.7. The van der Waals surface area contributed by atoms with Gasteiger partial charge in [0.2, 0.25) is 0 Å². The van der Waals surface area contributed by atoms with Crippen molar-refractivity contribution < 1.29 is 4.79 Å². The number of nitrogens with one attached hydrogen (secondary N) is 2. The van der Waals surface area contributed by atoms with Crippen LogP contribution in [0.1, 0.15) is 30.9 Å². The molecule has 0 unspecified atom stereocenters. The third kappa shape index (κ3) is 5.37. The molecule has 0 aromatic heterocycles. The molecule has 26 heavy (non-hydrogen) atoms. The summed E-state index contributed by atoms with van der Waals surface area (Å²) in [5.74, 6) is -0.457. The summed E-state index contributed by atoms with van der Waals surface area (Å²) in [6, 6.07) is 15.0. The van der Waals surface area contributed by atoms with E-state index in [1.165, 1.54) is 11.8 Å². The van der Waals surface area contributed by atoms with Gasteiger partial charge >= 0.3 is 0 Å². The molecule has 0 aliphatic rings. The van der Waals surface area contributed by atoms with Crippen molar-refractivity contribution in [1.29, 1.82) is 5.26 Å². The van der Waals surface area contributed by atoms with Gasteiger partial charge in [-0.3, -0.25) is 4.79 Å². The second kappa shape index (κ2) is 9.65. The first-order chi connectivity index (χ1) is 12.5. The molecule has 0 aliphatic heterocycles. The summed E-state index contributed by atoms with van der Waals surface area (Å²) in [5, 5.41) is 15.6. The zero-order chi connectivity index (χ0) is 18.9. The molecule has 1 amide bonds. The molecule has 5 heteroatoms. The molecule has 2 rings (SSSR count). The van der Waals surface area contributed by atoms with Crippen LogP contribution < -0.4 is 10.6 Å². The van der Waals surface area contributed by atoms with Crippen molar-refractivity contribution in [2.45, 2.75) is 33.1 Å². The van der Waals surface area contributed by atoms with Crippen molar-refractivity contribution >= 4 is 28.9 Å². The Labute approximate surface area is 159 Å². The van der Waals surface area contributed by atoms with Crippen molar-refractivity contribution in [2.75, 3.05) is 10.6 Å². The Morgan fingerprint density at radius 1 is 1.23 bits per heavy atom. The Morgan fingerprint density at radius 3 is 2.62 bits per heavy atom. The molecule has 0 aliphatic carbocycles. The van der Waals surface area contributed by atoms with Gasteiger partial charge in [-0.1, -0.05) is 43.1 Å². The van der Waals surface area contributed by atoms with Gasteiger partial charge in [0.15, 0.2) is 0 Å². The van der Waals surface area contributed by atoms with Gasteiger partial charge in [-0.15, -0.1) is 0 Å². The Hall–Kier alpha value is -2.77. The second-order valence-electron chi connectivity index (χ2n) is 5.98. The maximum Gasteiger partial charge on any atom is 0.267 e. The number of hydrogen-bond acceptors (Lipinski definition) is 3. The number of anilines is 2. The standard InChI is InChI=1S/C21H22ClN3O/c1-3-4-6-16-9-11-18(12-10-16)25-21(26)17(13-23)14-24-20-8-5-7-19(22)15(20)2/h5,7-12,14,24H,3-4,6H2,1-2H3,(H,25,26)/b17-14-. The molecule has 4 nitrogen and oxygen atoms in total. The number of hydrogen-bond donors (Lipinski definition) is 2. The summed E-state index contributed by atoms with van der Waals surface area (Å²) in [6.07, 6.45) is 4.70. The molecule has 2 N–H and O–H groups in total. The summed E-state index contributed by atoms with van der Waals surface area (Å²) < 4.78 is 0. The molecule has 134 valence electrons. The number of halogens is 1. The van der Waals surface area contributed by atoms with E-state index >= 15 is 0 Å². The molecule has 2 aromatic rings. The van der Waals surface area contributed by atoms with E-state index in [-0.39, 0.29) is 5.57 Å². The van der Waals surface area contributed by atoms with E-state index in [1.54, 1.807) is 12.1 Å². The molecular weight excluding hydrogens is 346 g/mol. The second-order valence-corrected chi connectivity index (χ2v) is 6.39. The van der Waals surface area contributed by atoms with Gasteiger partial charge in [0, 0.05) is 22.6 Å². The molecule has 0 radical (unpaired) electrons. The van der Waals surface area contributed by atoms with Gasteiger partial charge in [-0.05, 0) is 55.2 Å². The first kappa shape index (κ1) is 19.6. The number of carbonyl (C=O) groups excluding carboxylic acids is 1. The number of rotatable bonds is 7. The van der Waals surface area contributed by atoms with Gasteiger partial charge in [-0.2, -0.15) is 5.26 Å². The topological polar surface area (TPSA) is 64.9 Å². The number of unbranched alkanes of at least 4 members (excludes halogenated alkanes) is 1. The van der Waals surface area contributed by atoms with Crippen molar-refractivity contribution in [1.82, 2.24) is 0 Å². The molecular formula is C21H22ClN3O. The monoisotopic (exact) mass is 367 g/mol. The minimum atomic E-state index is -0.457. The van der Waals surface area contributed by atoms with E-state index in [0.717, 1.165) is 30.5 Å². The maximum absolute atomic E-state index is 12.3. The van der Waals surface area contributed by atoms with Crippen LogP contribution >= 0.6 is 11.6 Å². The highest BCUT2D eigenvalue weighted by atomic mass is 35.5. The van der Waals surface area contributed by atoms with Crippen LogP contribution in [0.5, 0.6) is 0 Å². The Morgan fingerprint density at radius 2 is 1.96 bits per heavy atom. The van der Waals surface area contributed by atoms with Crippen LogP contribution in [0.3, 0.4) is 0 Å². The van der Waals surface area contributed by atoms with E-state index in [9.17, 15) is 10.1 Å². The van der Waals surface area contributed by atoms with Crippen molar-refractivity contribution in [3.63, 3.8) is 0 Å². The minimum Gasteiger partial charge on any atom is -0.360 e. The van der Waals surface area contributed by atoms with Gasteiger partial charge in [0.05, 0.1) is 0 Å². The summed E-state index contributed by atoms with van der Waals surface area (Å²) in [4.78, 5) is 12.3. The fourth-order valence-corrected chi connectivity index (χ4v) is 2.57. The van der Waals surface area contributed by atoms with Gasteiger partial charge < -0.3 is 10.6 Å². The minimum absolute atomic E-state index is 0.0144. The summed E-state index contributed by atoms with van der Waals surface area (Å²) in [5.41, 5.74) is 3.48. The van der Waals surface area contributed by atoms with E-state index in [4.69, 9.17) is 11.6 Å². The van der Waals surface area contributed by atoms with Crippen molar-refractivity contribution in [3.05, 3.63) is 70.4 Å². The van der Waals surface area contributed by atoms with Gasteiger partial charge in [0.25, 0.3) is 5.91 Å². The molecule has 0 saturated carbocycles.